The molecule has 3 N–H and O–H groups in total. The Hall–Kier alpha value is -3.13. The summed E-state index contributed by atoms with van der Waals surface area (Å²) in [6.45, 7) is -0.642. The van der Waals surface area contributed by atoms with Gasteiger partial charge in [-0.3, -0.25) is 0 Å². The number of nitrogens with zero attached hydrogens (tertiary/aromatic N) is 2. The van der Waals surface area contributed by atoms with Crippen molar-refractivity contribution in [2.24, 2.45) is 0 Å². The zero-order valence-corrected chi connectivity index (χ0v) is 21.4. The van der Waals surface area contributed by atoms with Crippen LogP contribution in [0.25, 0.3) is 0 Å². The summed E-state index contributed by atoms with van der Waals surface area (Å²) < 4.78 is 108. The van der Waals surface area contributed by atoms with Gasteiger partial charge in [-0.15, -0.1) is 12.6 Å². The van der Waals surface area contributed by atoms with Crippen molar-refractivity contribution in [3.05, 3.63) is 53.6 Å². The normalized spacial score (nSPS) is 15.4. The molecule has 0 unspecified atom stereocenters. The number of piperazine rings is 1. The van der Waals surface area contributed by atoms with Gasteiger partial charge in [0.25, 0.3) is 5.60 Å². The topological polar surface area (TPSA) is 110 Å². The lowest BCUT2D eigenvalue weighted by molar-refractivity contribution is -0.376. The first-order valence-corrected chi connectivity index (χ1v) is 12.9. The molecule has 0 aromatic heterocycles. The molecule has 1 heterocycles. The molecule has 1 aliphatic rings. The van der Waals surface area contributed by atoms with Gasteiger partial charge in [0.1, 0.15) is 0 Å². The van der Waals surface area contributed by atoms with Crippen molar-refractivity contribution in [3.8, 4) is 11.8 Å². The van der Waals surface area contributed by atoms with E-state index in [2.05, 4.69) is 24.5 Å². The summed E-state index contributed by atoms with van der Waals surface area (Å²) in [5.74, 6) is 4.65. The minimum absolute atomic E-state index is 0.00181. The lowest BCUT2D eigenvalue weighted by Crippen LogP contribution is -2.54. The van der Waals surface area contributed by atoms with E-state index in [1.54, 1.807) is 6.07 Å². The van der Waals surface area contributed by atoms with E-state index in [-0.39, 0.29) is 47.2 Å². The highest BCUT2D eigenvalue weighted by molar-refractivity contribution is 7.90. The molecule has 0 radical (unpaired) electrons. The molecule has 8 nitrogen and oxygen atoms in total. The van der Waals surface area contributed by atoms with Gasteiger partial charge in [0.05, 0.1) is 17.1 Å². The summed E-state index contributed by atoms with van der Waals surface area (Å²) in [6, 6.07) is 7.83. The monoisotopic (exact) mass is 597 g/mol. The molecule has 16 heteroatoms. The average Bonchev–Trinajstić information content (AvgIpc) is 2.85. The van der Waals surface area contributed by atoms with Crippen LogP contribution in [0.3, 0.4) is 0 Å². The van der Waals surface area contributed by atoms with Crippen molar-refractivity contribution in [2.75, 3.05) is 37.6 Å². The SMILES string of the molecule is O=C(O)NCC#Cc1cc(C(O)(C(F)(F)F)C(F)(F)F)ccc1N1CCN(S(=O)(=O)c2ccccc2S)CC1. The van der Waals surface area contributed by atoms with Gasteiger partial charge < -0.3 is 20.4 Å². The number of benzene rings is 2. The number of sulfonamides is 1. The highest BCUT2D eigenvalue weighted by Crippen LogP contribution is 2.50. The smallest absolute Gasteiger partial charge is 0.430 e. The number of hydrogen-bond donors (Lipinski definition) is 4. The number of aliphatic hydroxyl groups is 1. The fourth-order valence-electron chi connectivity index (χ4n) is 3.87. The van der Waals surface area contributed by atoms with Gasteiger partial charge >= 0.3 is 18.4 Å². The largest absolute Gasteiger partial charge is 0.465 e. The number of carboxylic acid groups (broad SMARTS) is 1. The molecular formula is C23H21F6N3O5S2. The molecule has 2 aromatic rings. The Kier molecular flexibility index (Phi) is 8.70. The van der Waals surface area contributed by atoms with E-state index in [9.17, 15) is 44.7 Å². The molecule has 0 spiro atoms. The van der Waals surface area contributed by atoms with Gasteiger partial charge in [-0.05, 0) is 24.3 Å². The number of anilines is 1. The summed E-state index contributed by atoms with van der Waals surface area (Å²) in [4.78, 5) is 12.3. The number of carbonyl (C=O) groups is 1. The average molecular weight is 598 g/mol. The molecule has 39 heavy (non-hydrogen) atoms. The quantitative estimate of drug-likeness (QED) is 0.239. The number of nitrogens with one attached hydrogen (secondary N) is 1. The Balaban J connectivity index is 1.97. The number of amides is 1. The van der Waals surface area contributed by atoms with E-state index >= 15 is 0 Å². The van der Waals surface area contributed by atoms with E-state index in [1.165, 1.54) is 27.4 Å². The van der Waals surface area contributed by atoms with E-state index in [1.807, 2.05) is 5.32 Å². The lowest BCUT2D eigenvalue weighted by atomic mass is 9.90. The summed E-state index contributed by atoms with van der Waals surface area (Å²) >= 11 is 4.17. The van der Waals surface area contributed by atoms with Crippen molar-refractivity contribution in [2.45, 2.75) is 27.7 Å². The second-order valence-electron chi connectivity index (χ2n) is 8.26. The van der Waals surface area contributed by atoms with Crippen molar-refractivity contribution >= 4 is 34.4 Å². The summed E-state index contributed by atoms with van der Waals surface area (Å²) in [5.41, 5.74) is -7.02. The number of rotatable bonds is 5. The predicted octanol–water partition coefficient (Wildman–Crippen LogP) is 3.42. The third kappa shape index (κ3) is 6.21. The summed E-state index contributed by atoms with van der Waals surface area (Å²) in [7, 11) is -3.94. The highest BCUT2D eigenvalue weighted by Gasteiger charge is 2.71. The molecule has 212 valence electrons. The third-order valence-electron chi connectivity index (χ3n) is 5.85. The molecule has 3 rings (SSSR count). The maximum Gasteiger partial charge on any atom is 0.430 e. The van der Waals surface area contributed by atoms with Gasteiger partial charge in [-0.2, -0.15) is 30.6 Å². The van der Waals surface area contributed by atoms with Gasteiger partial charge in [0.15, 0.2) is 0 Å². The summed E-state index contributed by atoms with van der Waals surface area (Å²) in [6.07, 6.45) is -13.7. The number of thiol groups is 1. The molecular weight excluding hydrogens is 576 g/mol. The molecule has 1 fully saturated rings. The summed E-state index contributed by atoms with van der Waals surface area (Å²) in [5, 5.41) is 20.4. The van der Waals surface area contributed by atoms with Crippen LogP contribution in [0.5, 0.6) is 0 Å². The Labute approximate surface area is 224 Å². The molecule has 0 atom stereocenters. The van der Waals surface area contributed by atoms with Crippen LogP contribution in [-0.4, -0.2) is 74.1 Å². The van der Waals surface area contributed by atoms with Crippen LogP contribution in [0.4, 0.5) is 36.8 Å². The maximum atomic E-state index is 13.4. The van der Waals surface area contributed by atoms with Crippen molar-refractivity contribution in [1.29, 1.82) is 0 Å². The number of hydrogen-bond acceptors (Lipinski definition) is 6. The minimum Gasteiger partial charge on any atom is -0.465 e. The van der Waals surface area contributed by atoms with Gasteiger partial charge in [0.2, 0.25) is 10.0 Å². The molecule has 1 amide bonds. The van der Waals surface area contributed by atoms with Crippen molar-refractivity contribution in [1.82, 2.24) is 9.62 Å². The fourth-order valence-corrected chi connectivity index (χ4v) is 5.88. The van der Waals surface area contributed by atoms with E-state index in [0.717, 1.165) is 6.07 Å². The zero-order valence-electron chi connectivity index (χ0n) is 19.7. The van der Waals surface area contributed by atoms with Crippen molar-refractivity contribution < 1.29 is 49.8 Å². The van der Waals surface area contributed by atoms with Crippen LogP contribution in [0.2, 0.25) is 0 Å². The lowest BCUT2D eigenvalue weighted by Gasteiger charge is -2.37. The van der Waals surface area contributed by atoms with Gasteiger partial charge in [0, 0.05) is 42.2 Å². The predicted molar refractivity (Wildman–Crippen MR) is 130 cm³/mol. The first-order valence-electron chi connectivity index (χ1n) is 11.0. The van der Waals surface area contributed by atoms with E-state index in [4.69, 9.17) is 5.11 Å². The Bertz CT molecular complexity index is 1380. The number of alkyl halides is 6. The van der Waals surface area contributed by atoms with Crippen LogP contribution < -0.4 is 10.2 Å². The van der Waals surface area contributed by atoms with Gasteiger partial charge in [-0.25, -0.2) is 13.2 Å². The van der Waals surface area contributed by atoms with Crippen LogP contribution >= 0.6 is 12.6 Å². The van der Waals surface area contributed by atoms with Crippen LogP contribution in [0.15, 0.2) is 52.3 Å². The van der Waals surface area contributed by atoms with E-state index < -0.39 is 46.2 Å². The molecule has 0 bridgehead atoms. The Morgan fingerprint density at radius 3 is 2.13 bits per heavy atom. The van der Waals surface area contributed by atoms with Crippen LogP contribution in [0.1, 0.15) is 11.1 Å². The highest BCUT2D eigenvalue weighted by atomic mass is 32.2. The Morgan fingerprint density at radius 2 is 1.59 bits per heavy atom. The first-order chi connectivity index (χ1) is 18.0. The molecule has 0 aliphatic carbocycles. The maximum absolute atomic E-state index is 13.4. The number of halogens is 6. The van der Waals surface area contributed by atoms with Crippen molar-refractivity contribution in [3.63, 3.8) is 0 Å². The second-order valence-corrected chi connectivity index (χ2v) is 10.6. The zero-order chi connectivity index (χ0) is 29.2. The Morgan fingerprint density at radius 1 is 1.00 bits per heavy atom. The van der Waals surface area contributed by atoms with Gasteiger partial charge in [-0.1, -0.05) is 30.0 Å². The van der Waals surface area contributed by atoms with Crippen LogP contribution in [0, 0.1) is 11.8 Å². The molecule has 1 saturated heterocycles. The van der Waals surface area contributed by atoms with E-state index in [0.29, 0.717) is 12.1 Å². The van der Waals surface area contributed by atoms with Crippen LogP contribution in [-0.2, 0) is 15.6 Å². The second kappa shape index (κ2) is 11.2. The molecule has 2 aromatic carbocycles. The standard InChI is InChI=1S/C23H21F6N3O5S2/c24-22(25,26)21(35,23(27,28)29)16-7-8-17(15(14-16)4-3-9-30-20(33)34)31-10-12-32(13-11-31)39(36,37)19-6-2-1-5-18(19)38/h1-2,5-8,14,30,35,38H,9-13H2,(H,33,34). The molecule has 0 saturated carbocycles. The first kappa shape index (κ1) is 30.4. The third-order valence-corrected chi connectivity index (χ3v) is 8.35. The molecule has 1 aliphatic heterocycles. The fraction of sp³-hybridized carbons (Fsp3) is 0.348. The minimum atomic E-state index is -6.12.